The van der Waals surface area contributed by atoms with Crippen LogP contribution in [0.5, 0.6) is 0 Å². The summed E-state index contributed by atoms with van der Waals surface area (Å²) in [5.41, 5.74) is 3.77. The van der Waals surface area contributed by atoms with E-state index >= 15 is 0 Å². The van der Waals surface area contributed by atoms with Gasteiger partial charge < -0.3 is 0 Å². The highest BCUT2D eigenvalue weighted by atomic mass is 32.2. The van der Waals surface area contributed by atoms with Crippen LogP contribution in [0.1, 0.15) is 22.3 Å². The molecule has 2 rings (SSSR count). The Morgan fingerprint density at radius 2 is 1.76 bits per heavy atom. The second-order valence-corrected chi connectivity index (χ2v) is 9.77. The van der Waals surface area contributed by atoms with Crippen molar-refractivity contribution in [3.05, 3.63) is 28.3 Å². The molecule has 21 heavy (non-hydrogen) atoms. The zero-order valence-electron chi connectivity index (χ0n) is 13.0. The molecule has 0 radical (unpaired) electrons. The number of thioether (sulfide) groups is 2. The largest absolute Gasteiger partial charge is 0.241 e. The Kier molecular flexibility index (Phi) is 5.68. The lowest BCUT2D eigenvalue weighted by Gasteiger charge is -2.22. The van der Waals surface area contributed by atoms with E-state index in [4.69, 9.17) is 0 Å². The number of hydrogen-bond acceptors (Lipinski definition) is 4. The molecule has 1 aliphatic heterocycles. The van der Waals surface area contributed by atoms with Crippen LogP contribution < -0.4 is 4.72 Å². The minimum absolute atomic E-state index is 0.380. The quantitative estimate of drug-likeness (QED) is 0.911. The molecule has 1 aromatic carbocycles. The van der Waals surface area contributed by atoms with Crippen LogP contribution in [0, 0.1) is 27.7 Å². The van der Waals surface area contributed by atoms with Gasteiger partial charge in [-0.15, -0.1) is 0 Å². The van der Waals surface area contributed by atoms with E-state index in [1.807, 2.05) is 51.2 Å². The summed E-state index contributed by atoms with van der Waals surface area (Å²) in [4.78, 5) is 0.466. The molecule has 0 spiro atoms. The number of aryl methyl sites for hydroxylation is 2. The minimum Gasteiger partial charge on any atom is -0.210 e. The third kappa shape index (κ3) is 3.97. The maximum absolute atomic E-state index is 12.7. The van der Waals surface area contributed by atoms with Gasteiger partial charge in [0.25, 0.3) is 0 Å². The Labute approximate surface area is 136 Å². The molecule has 0 saturated carbocycles. The van der Waals surface area contributed by atoms with E-state index in [0.29, 0.717) is 16.7 Å². The molecule has 0 bridgehead atoms. The molecular weight excluding hydrogens is 322 g/mol. The van der Waals surface area contributed by atoms with Gasteiger partial charge in [-0.3, -0.25) is 0 Å². The summed E-state index contributed by atoms with van der Waals surface area (Å²) < 4.78 is 28.2. The second-order valence-electron chi connectivity index (χ2n) is 5.51. The average Bonchev–Trinajstić information content (AvgIpc) is 2.44. The molecule has 0 aromatic heterocycles. The zero-order valence-corrected chi connectivity index (χ0v) is 15.5. The number of nitrogens with one attached hydrogen (secondary N) is 1. The summed E-state index contributed by atoms with van der Waals surface area (Å²) in [6.45, 7) is 8.23. The van der Waals surface area contributed by atoms with Crippen LogP contribution in [0.15, 0.2) is 11.0 Å². The van der Waals surface area contributed by atoms with Gasteiger partial charge >= 0.3 is 0 Å². The number of sulfonamides is 1. The predicted octanol–water partition coefficient (Wildman–Crippen LogP) is 3.05. The molecular formula is C15H23NO2S3. The Morgan fingerprint density at radius 3 is 2.29 bits per heavy atom. The topological polar surface area (TPSA) is 46.2 Å². The van der Waals surface area contributed by atoms with E-state index < -0.39 is 10.0 Å². The van der Waals surface area contributed by atoms with E-state index in [2.05, 4.69) is 10.8 Å². The van der Waals surface area contributed by atoms with Gasteiger partial charge in [0, 0.05) is 29.1 Å². The Balaban J connectivity index is 2.23. The maximum Gasteiger partial charge on any atom is 0.241 e. The fourth-order valence-corrected chi connectivity index (χ4v) is 6.92. The van der Waals surface area contributed by atoms with Crippen molar-refractivity contribution >= 4 is 33.5 Å². The molecule has 1 aliphatic rings. The molecule has 118 valence electrons. The summed E-state index contributed by atoms with van der Waals surface area (Å²) in [7, 11) is -3.44. The maximum atomic E-state index is 12.7. The monoisotopic (exact) mass is 345 g/mol. The molecule has 1 saturated heterocycles. The van der Waals surface area contributed by atoms with Crippen LogP contribution >= 0.6 is 23.5 Å². The van der Waals surface area contributed by atoms with E-state index in [0.717, 1.165) is 33.8 Å². The fourth-order valence-electron chi connectivity index (χ4n) is 2.51. The molecule has 1 aromatic rings. The fraction of sp³-hybridized carbons (Fsp3) is 0.600. The van der Waals surface area contributed by atoms with Crippen LogP contribution in [0.4, 0.5) is 0 Å². The van der Waals surface area contributed by atoms with Crippen molar-refractivity contribution in [3.63, 3.8) is 0 Å². The van der Waals surface area contributed by atoms with Crippen LogP contribution in [0.2, 0.25) is 0 Å². The van der Waals surface area contributed by atoms with Gasteiger partial charge in [0.2, 0.25) is 10.0 Å². The minimum atomic E-state index is -3.44. The summed E-state index contributed by atoms with van der Waals surface area (Å²) in [6, 6.07) is 2.05. The summed E-state index contributed by atoms with van der Waals surface area (Å²) in [5.74, 6) is 3.31. The third-order valence-electron chi connectivity index (χ3n) is 3.95. The van der Waals surface area contributed by atoms with E-state index in [9.17, 15) is 8.42 Å². The zero-order chi connectivity index (χ0) is 15.6. The first-order valence-electron chi connectivity index (χ1n) is 7.09. The van der Waals surface area contributed by atoms with Crippen LogP contribution in [0.25, 0.3) is 0 Å². The Bertz CT molecular complexity index is 594. The molecule has 6 heteroatoms. The molecule has 1 heterocycles. The first-order chi connectivity index (χ1) is 9.83. The highest BCUT2D eigenvalue weighted by Crippen LogP contribution is 2.27. The van der Waals surface area contributed by atoms with E-state index in [1.54, 1.807) is 0 Å². The lowest BCUT2D eigenvalue weighted by Crippen LogP contribution is -2.34. The van der Waals surface area contributed by atoms with Gasteiger partial charge in [-0.05, 0) is 49.9 Å². The van der Waals surface area contributed by atoms with Gasteiger partial charge in [0.15, 0.2) is 0 Å². The number of rotatable bonds is 4. The molecule has 1 fully saturated rings. The average molecular weight is 346 g/mol. The van der Waals surface area contributed by atoms with Crippen LogP contribution in [0.3, 0.4) is 0 Å². The van der Waals surface area contributed by atoms with Gasteiger partial charge in [-0.2, -0.15) is 23.5 Å². The number of hydrogen-bond donors (Lipinski definition) is 1. The van der Waals surface area contributed by atoms with Crippen molar-refractivity contribution in [2.75, 3.05) is 23.8 Å². The van der Waals surface area contributed by atoms with Crippen molar-refractivity contribution in [3.8, 4) is 0 Å². The van der Waals surface area contributed by atoms with Crippen LogP contribution in [-0.2, 0) is 10.0 Å². The Morgan fingerprint density at radius 1 is 1.14 bits per heavy atom. The van der Waals surface area contributed by atoms with Crippen molar-refractivity contribution in [1.29, 1.82) is 0 Å². The molecule has 1 atom stereocenters. The summed E-state index contributed by atoms with van der Waals surface area (Å²) in [5, 5.41) is 0.380. The van der Waals surface area contributed by atoms with Gasteiger partial charge in [0.05, 0.1) is 4.90 Å². The van der Waals surface area contributed by atoms with Crippen molar-refractivity contribution in [2.24, 2.45) is 0 Å². The highest BCUT2D eigenvalue weighted by molar-refractivity contribution is 8.06. The first-order valence-corrected chi connectivity index (χ1v) is 10.8. The molecule has 0 aliphatic carbocycles. The van der Waals surface area contributed by atoms with Crippen molar-refractivity contribution < 1.29 is 8.42 Å². The molecule has 1 N–H and O–H groups in total. The van der Waals surface area contributed by atoms with E-state index in [-0.39, 0.29) is 0 Å². The number of benzene rings is 1. The smallest absolute Gasteiger partial charge is 0.210 e. The highest BCUT2D eigenvalue weighted by Gasteiger charge is 2.24. The standard InChI is InChI=1S/C15H23NO2S3/c1-10-7-11(2)13(4)15(12(10)3)21(17,18)16-8-14-9-19-5-6-20-14/h7,14,16H,5-6,8-9H2,1-4H3/t14-/m1/s1. The Hall–Kier alpha value is -0.170. The van der Waals surface area contributed by atoms with Crippen molar-refractivity contribution in [2.45, 2.75) is 37.8 Å². The lowest BCUT2D eigenvalue weighted by molar-refractivity contribution is 0.580. The molecule has 0 unspecified atom stereocenters. The third-order valence-corrected chi connectivity index (χ3v) is 8.49. The molecule has 0 amide bonds. The lowest BCUT2D eigenvalue weighted by atomic mass is 10.0. The first kappa shape index (κ1) is 17.2. The van der Waals surface area contributed by atoms with Crippen LogP contribution in [-0.4, -0.2) is 37.5 Å². The van der Waals surface area contributed by atoms with Gasteiger partial charge in [0.1, 0.15) is 0 Å². The van der Waals surface area contributed by atoms with Gasteiger partial charge in [-0.25, -0.2) is 13.1 Å². The second kappa shape index (κ2) is 6.94. The molecule has 3 nitrogen and oxygen atoms in total. The van der Waals surface area contributed by atoms with Crippen molar-refractivity contribution in [1.82, 2.24) is 4.72 Å². The van der Waals surface area contributed by atoms with Gasteiger partial charge in [-0.1, -0.05) is 6.07 Å². The SMILES string of the molecule is Cc1cc(C)c(C)c(S(=O)(=O)NC[C@@H]2CSCCS2)c1C. The summed E-state index contributed by atoms with van der Waals surface area (Å²) in [6.07, 6.45) is 0. The predicted molar refractivity (Wildman–Crippen MR) is 94.1 cm³/mol. The summed E-state index contributed by atoms with van der Waals surface area (Å²) >= 11 is 3.77. The van der Waals surface area contributed by atoms with E-state index in [1.165, 1.54) is 5.75 Å². The normalized spacial score (nSPS) is 19.7.